The number of carbonyl (C=O) groups excluding carboxylic acids is 2. The van der Waals surface area contributed by atoms with Gasteiger partial charge in [0.1, 0.15) is 0 Å². The van der Waals surface area contributed by atoms with Crippen molar-refractivity contribution in [3.63, 3.8) is 0 Å². The van der Waals surface area contributed by atoms with E-state index in [9.17, 15) is 14.7 Å². The highest BCUT2D eigenvalue weighted by Gasteiger charge is 2.17. The first-order chi connectivity index (χ1) is 7.06. The molecule has 1 unspecified atom stereocenters. The zero-order valence-electron chi connectivity index (χ0n) is 8.14. The molecule has 5 nitrogen and oxygen atoms in total. The standard InChI is InChI=1S/C10H11NO4/c1-15-10(14)8(12)6-2-4-7(5-3-6)9(11)13/h2-5,8,12H,1H3,(H2,11,13). The van der Waals surface area contributed by atoms with Gasteiger partial charge in [-0.1, -0.05) is 12.1 Å². The molecule has 3 N–H and O–H groups in total. The zero-order chi connectivity index (χ0) is 11.4. The van der Waals surface area contributed by atoms with Crippen LogP contribution < -0.4 is 5.73 Å². The van der Waals surface area contributed by atoms with Crippen molar-refractivity contribution in [3.05, 3.63) is 35.4 Å². The van der Waals surface area contributed by atoms with E-state index >= 15 is 0 Å². The first-order valence-electron chi connectivity index (χ1n) is 4.22. The minimum absolute atomic E-state index is 0.316. The number of nitrogens with two attached hydrogens (primary N) is 1. The predicted molar refractivity (Wildman–Crippen MR) is 51.9 cm³/mol. The van der Waals surface area contributed by atoms with Crippen molar-refractivity contribution in [1.29, 1.82) is 0 Å². The summed E-state index contributed by atoms with van der Waals surface area (Å²) in [6.07, 6.45) is -1.34. The Balaban J connectivity index is 2.89. The van der Waals surface area contributed by atoms with Crippen LogP contribution in [0, 0.1) is 0 Å². The normalized spacial score (nSPS) is 11.9. The number of aliphatic hydroxyl groups excluding tert-OH is 1. The third kappa shape index (κ3) is 2.54. The van der Waals surface area contributed by atoms with E-state index in [1.807, 2.05) is 0 Å². The lowest BCUT2D eigenvalue weighted by Crippen LogP contribution is -2.14. The molecule has 0 radical (unpaired) electrons. The molecule has 1 amide bonds. The van der Waals surface area contributed by atoms with E-state index in [1.165, 1.54) is 31.4 Å². The lowest BCUT2D eigenvalue weighted by atomic mass is 10.1. The highest BCUT2D eigenvalue weighted by atomic mass is 16.5. The lowest BCUT2D eigenvalue weighted by molar-refractivity contribution is -0.150. The summed E-state index contributed by atoms with van der Waals surface area (Å²) in [6.45, 7) is 0. The van der Waals surface area contributed by atoms with Gasteiger partial charge in [-0.15, -0.1) is 0 Å². The van der Waals surface area contributed by atoms with Crippen LogP contribution in [0.3, 0.4) is 0 Å². The summed E-state index contributed by atoms with van der Waals surface area (Å²) >= 11 is 0. The Morgan fingerprint density at radius 3 is 2.27 bits per heavy atom. The number of amides is 1. The highest BCUT2D eigenvalue weighted by Crippen LogP contribution is 2.14. The number of methoxy groups -OCH3 is 1. The summed E-state index contributed by atoms with van der Waals surface area (Å²) in [6, 6.07) is 5.76. The van der Waals surface area contributed by atoms with Crippen molar-refractivity contribution >= 4 is 11.9 Å². The number of esters is 1. The largest absolute Gasteiger partial charge is 0.467 e. The van der Waals surface area contributed by atoms with E-state index in [4.69, 9.17) is 5.73 Å². The van der Waals surface area contributed by atoms with Crippen LogP contribution in [0.5, 0.6) is 0 Å². The minimum atomic E-state index is -1.34. The molecule has 1 aromatic rings. The monoisotopic (exact) mass is 209 g/mol. The van der Waals surface area contributed by atoms with Gasteiger partial charge in [-0.2, -0.15) is 0 Å². The molecular formula is C10H11NO4. The fourth-order valence-electron chi connectivity index (χ4n) is 1.08. The van der Waals surface area contributed by atoms with Crippen LogP contribution in [0.15, 0.2) is 24.3 Å². The van der Waals surface area contributed by atoms with Gasteiger partial charge in [0.05, 0.1) is 7.11 Å². The number of aliphatic hydroxyl groups is 1. The second kappa shape index (κ2) is 4.56. The van der Waals surface area contributed by atoms with Crippen molar-refractivity contribution in [2.45, 2.75) is 6.10 Å². The van der Waals surface area contributed by atoms with Crippen LogP contribution in [0.1, 0.15) is 22.0 Å². The number of benzene rings is 1. The van der Waals surface area contributed by atoms with E-state index < -0.39 is 18.0 Å². The molecule has 1 rings (SSSR count). The Hall–Kier alpha value is -1.88. The average molecular weight is 209 g/mol. The maximum Gasteiger partial charge on any atom is 0.339 e. The Labute approximate surface area is 86.5 Å². The SMILES string of the molecule is COC(=O)C(O)c1ccc(C(N)=O)cc1. The quantitative estimate of drug-likeness (QED) is 0.685. The molecule has 0 heterocycles. The minimum Gasteiger partial charge on any atom is -0.467 e. The smallest absolute Gasteiger partial charge is 0.339 e. The lowest BCUT2D eigenvalue weighted by Gasteiger charge is -2.08. The molecule has 1 atom stereocenters. The molecule has 0 aliphatic rings. The van der Waals surface area contributed by atoms with Gasteiger partial charge in [-0.25, -0.2) is 4.79 Å². The molecule has 0 fully saturated rings. The molecule has 80 valence electrons. The number of primary amides is 1. The van der Waals surface area contributed by atoms with E-state index in [-0.39, 0.29) is 0 Å². The van der Waals surface area contributed by atoms with Crippen LogP contribution >= 0.6 is 0 Å². The van der Waals surface area contributed by atoms with Gasteiger partial charge in [0.15, 0.2) is 6.10 Å². The Bertz CT molecular complexity index is 372. The molecule has 0 bridgehead atoms. The number of hydrogen-bond acceptors (Lipinski definition) is 4. The molecule has 0 aromatic heterocycles. The molecule has 0 saturated heterocycles. The third-order valence-corrected chi connectivity index (χ3v) is 1.94. The topological polar surface area (TPSA) is 89.6 Å². The van der Waals surface area contributed by atoms with Crippen molar-refractivity contribution in [2.24, 2.45) is 5.73 Å². The van der Waals surface area contributed by atoms with E-state index in [2.05, 4.69) is 4.74 Å². The van der Waals surface area contributed by atoms with Gasteiger partial charge < -0.3 is 15.6 Å². The van der Waals surface area contributed by atoms with Crippen molar-refractivity contribution < 1.29 is 19.4 Å². The summed E-state index contributed by atoms with van der Waals surface area (Å²) < 4.78 is 4.36. The van der Waals surface area contributed by atoms with E-state index in [0.717, 1.165) is 0 Å². The van der Waals surface area contributed by atoms with Crippen LogP contribution in [-0.2, 0) is 9.53 Å². The molecule has 0 aliphatic heterocycles. The van der Waals surface area contributed by atoms with Crippen LogP contribution in [-0.4, -0.2) is 24.1 Å². The van der Waals surface area contributed by atoms with Gasteiger partial charge in [-0.05, 0) is 17.7 Å². The summed E-state index contributed by atoms with van der Waals surface area (Å²) in [4.78, 5) is 21.7. The molecule has 0 spiro atoms. The van der Waals surface area contributed by atoms with Gasteiger partial charge in [0.2, 0.25) is 5.91 Å². The summed E-state index contributed by atoms with van der Waals surface area (Å²) in [5.41, 5.74) is 5.70. The summed E-state index contributed by atoms with van der Waals surface area (Å²) in [7, 11) is 1.18. The molecule has 0 saturated carbocycles. The van der Waals surface area contributed by atoms with Crippen molar-refractivity contribution in [1.82, 2.24) is 0 Å². The van der Waals surface area contributed by atoms with Crippen molar-refractivity contribution in [3.8, 4) is 0 Å². The van der Waals surface area contributed by atoms with Gasteiger partial charge in [-0.3, -0.25) is 4.79 Å². The number of rotatable bonds is 3. The highest BCUT2D eigenvalue weighted by molar-refractivity contribution is 5.92. The Kier molecular flexibility index (Phi) is 3.41. The average Bonchev–Trinajstić information content (AvgIpc) is 2.27. The van der Waals surface area contributed by atoms with Crippen LogP contribution in [0.25, 0.3) is 0 Å². The molecule has 0 aliphatic carbocycles. The fraction of sp³-hybridized carbons (Fsp3) is 0.200. The number of carbonyl (C=O) groups is 2. The first-order valence-corrected chi connectivity index (χ1v) is 4.22. The molecule has 5 heteroatoms. The number of ether oxygens (including phenoxy) is 1. The van der Waals surface area contributed by atoms with Crippen LogP contribution in [0.4, 0.5) is 0 Å². The molecule has 1 aromatic carbocycles. The zero-order valence-corrected chi connectivity index (χ0v) is 8.14. The predicted octanol–water partition coefficient (Wildman–Crippen LogP) is -0.00810. The molecule has 15 heavy (non-hydrogen) atoms. The van der Waals surface area contributed by atoms with Gasteiger partial charge in [0.25, 0.3) is 0 Å². The Morgan fingerprint density at radius 1 is 1.33 bits per heavy atom. The first kappa shape index (κ1) is 11.2. The summed E-state index contributed by atoms with van der Waals surface area (Å²) in [5.74, 6) is -1.31. The third-order valence-electron chi connectivity index (χ3n) is 1.94. The van der Waals surface area contributed by atoms with Crippen molar-refractivity contribution in [2.75, 3.05) is 7.11 Å². The van der Waals surface area contributed by atoms with E-state index in [0.29, 0.717) is 11.1 Å². The van der Waals surface area contributed by atoms with Gasteiger partial charge >= 0.3 is 5.97 Å². The molecular weight excluding hydrogens is 198 g/mol. The maximum atomic E-state index is 11.0. The Morgan fingerprint density at radius 2 is 1.87 bits per heavy atom. The second-order valence-corrected chi connectivity index (χ2v) is 2.91. The maximum absolute atomic E-state index is 11.0. The number of hydrogen-bond donors (Lipinski definition) is 2. The second-order valence-electron chi connectivity index (χ2n) is 2.91. The fourth-order valence-corrected chi connectivity index (χ4v) is 1.08. The van der Waals surface area contributed by atoms with Gasteiger partial charge in [0, 0.05) is 5.56 Å². The summed E-state index contributed by atoms with van der Waals surface area (Å²) in [5, 5.41) is 9.43. The van der Waals surface area contributed by atoms with Crippen LogP contribution in [0.2, 0.25) is 0 Å². The van der Waals surface area contributed by atoms with E-state index in [1.54, 1.807) is 0 Å².